The maximum atomic E-state index is 13.2. The molecular formula is C21H21F3N6O2. The molecule has 8 nitrogen and oxygen atoms in total. The van der Waals surface area contributed by atoms with Gasteiger partial charge in [0.1, 0.15) is 11.5 Å². The Morgan fingerprint density at radius 2 is 1.97 bits per heavy atom. The lowest BCUT2D eigenvalue weighted by atomic mass is 10.1. The second-order valence-corrected chi connectivity index (χ2v) is 7.72. The van der Waals surface area contributed by atoms with Gasteiger partial charge in [0.05, 0.1) is 29.4 Å². The molecule has 0 saturated carbocycles. The van der Waals surface area contributed by atoms with Crippen LogP contribution in [0.5, 0.6) is 0 Å². The number of fused-ring (bicyclic) bond motifs is 1. The molecule has 4 N–H and O–H groups in total. The molecule has 4 rings (SSSR count). The number of alkyl halides is 3. The fourth-order valence-electron chi connectivity index (χ4n) is 3.71. The molecule has 0 spiro atoms. The second kappa shape index (κ2) is 7.83. The van der Waals surface area contributed by atoms with Gasteiger partial charge in [-0.2, -0.15) is 13.2 Å². The molecule has 1 saturated heterocycles. The number of halogens is 3. The highest BCUT2D eigenvalue weighted by Crippen LogP contribution is 2.33. The third-order valence-electron chi connectivity index (χ3n) is 5.44. The molecule has 168 valence electrons. The predicted octanol–water partition coefficient (Wildman–Crippen LogP) is 2.19. The molecule has 3 heterocycles. The predicted molar refractivity (Wildman–Crippen MR) is 111 cm³/mol. The normalized spacial score (nSPS) is 18.8. The number of carbonyl (C=O) groups excluding carboxylic acids is 2. The minimum Gasteiger partial charge on any atom is -0.383 e. The zero-order chi connectivity index (χ0) is 23.2. The summed E-state index contributed by atoms with van der Waals surface area (Å²) in [5.74, 6) is -0.547. The maximum absolute atomic E-state index is 13.2. The lowest BCUT2D eigenvalue weighted by molar-refractivity contribution is -0.137. The minimum atomic E-state index is -4.46. The van der Waals surface area contributed by atoms with Crippen molar-refractivity contribution in [2.75, 3.05) is 23.7 Å². The zero-order valence-corrected chi connectivity index (χ0v) is 17.3. The Balaban J connectivity index is 1.61. The number of hydrogen-bond donors (Lipinski definition) is 3. The van der Waals surface area contributed by atoms with Crippen LogP contribution in [-0.2, 0) is 11.0 Å². The van der Waals surface area contributed by atoms with Gasteiger partial charge in [-0.05, 0) is 49.7 Å². The van der Waals surface area contributed by atoms with Crippen LogP contribution < -0.4 is 21.4 Å². The summed E-state index contributed by atoms with van der Waals surface area (Å²) in [4.78, 5) is 31.3. The number of pyridine rings is 1. The fourth-order valence-corrected chi connectivity index (χ4v) is 3.71. The number of aromatic nitrogens is 1. The van der Waals surface area contributed by atoms with E-state index in [0.717, 1.165) is 12.1 Å². The largest absolute Gasteiger partial charge is 0.416 e. The lowest BCUT2D eigenvalue weighted by Crippen LogP contribution is -2.55. The van der Waals surface area contributed by atoms with Crippen molar-refractivity contribution in [1.29, 1.82) is 0 Å². The van der Waals surface area contributed by atoms with Crippen molar-refractivity contribution >= 4 is 23.3 Å². The fraction of sp³-hybridized carbons (Fsp3) is 0.286. The molecule has 1 aromatic carbocycles. The zero-order valence-electron chi connectivity index (χ0n) is 17.3. The van der Waals surface area contributed by atoms with Gasteiger partial charge in [0.2, 0.25) is 0 Å². The first-order valence-corrected chi connectivity index (χ1v) is 9.84. The highest BCUT2D eigenvalue weighted by Gasteiger charge is 2.40. The van der Waals surface area contributed by atoms with E-state index in [1.165, 1.54) is 23.2 Å². The van der Waals surface area contributed by atoms with Gasteiger partial charge in [0.15, 0.2) is 0 Å². The summed E-state index contributed by atoms with van der Waals surface area (Å²) in [7, 11) is 0. The minimum absolute atomic E-state index is 0.181. The quantitative estimate of drug-likeness (QED) is 0.668. The van der Waals surface area contributed by atoms with Gasteiger partial charge in [-0.1, -0.05) is 0 Å². The van der Waals surface area contributed by atoms with Crippen molar-refractivity contribution in [1.82, 2.24) is 20.7 Å². The Kier molecular flexibility index (Phi) is 5.29. The standard InChI is InChI=1S/C21H21F3N6O2/c1-11-7-13(8-26-18(11)25)19(31)28-16-9-27-30-12(2)10-29(20(32)17(16)30)15-5-3-14(4-6-15)21(22,23)24/h3-8,12,27H,9-10H2,1-2H3,(H2,25,26)(H,28,31). The average molecular weight is 446 g/mol. The van der Waals surface area contributed by atoms with Crippen LogP contribution >= 0.6 is 0 Å². The Hall–Kier alpha value is -3.60. The smallest absolute Gasteiger partial charge is 0.383 e. The number of nitrogen functional groups attached to an aromatic ring is 1. The molecule has 2 aliphatic heterocycles. The molecule has 0 bridgehead atoms. The molecule has 2 aliphatic rings. The van der Waals surface area contributed by atoms with Crippen LogP contribution in [-0.4, -0.2) is 40.9 Å². The van der Waals surface area contributed by atoms with Crippen LogP contribution in [0.4, 0.5) is 24.7 Å². The number of nitrogens with one attached hydrogen (secondary N) is 2. The molecule has 1 atom stereocenters. The van der Waals surface area contributed by atoms with E-state index >= 15 is 0 Å². The molecule has 2 aromatic rings. The monoisotopic (exact) mass is 446 g/mol. The number of anilines is 2. The van der Waals surface area contributed by atoms with E-state index in [0.29, 0.717) is 28.3 Å². The van der Waals surface area contributed by atoms with Crippen LogP contribution in [0.1, 0.15) is 28.4 Å². The molecule has 1 unspecified atom stereocenters. The molecule has 1 fully saturated rings. The lowest BCUT2D eigenvalue weighted by Gasteiger charge is -2.39. The van der Waals surface area contributed by atoms with Gasteiger partial charge in [0, 0.05) is 18.4 Å². The molecule has 0 radical (unpaired) electrons. The number of nitrogens with two attached hydrogens (primary N) is 1. The van der Waals surface area contributed by atoms with Gasteiger partial charge in [-0.15, -0.1) is 0 Å². The number of benzene rings is 1. The summed E-state index contributed by atoms with van der Waals surface area (Å²) in [6.45, 7) is 4.09. The SMILES string of the molecule is Cc1cc(C(=O)NC2=C3C(=O)N(c4ccc(C(F)(F)F)cc4)CC(C)N3NC2)cnc1N. The highest BCUT2D eigenvalue weighted by molar-refractivity contribution is 6.07. The summed E-state index contributed by atoms with van der Waals surface area (Å²) in [6.07, 6.45) is -3.11. The van der Waals surface area contributed by atoms with Crippen LogP contribution in [0.3, 0.4) is 0 Å². The Labute approximate surface area is 181 Å². The van der Waals surface area contributed by atoms with Crippen LogP contribution in [0.2, 0.25) is 0 Å². The molecule has 2 amide bonds. The molecule has 1 aromatic heterocycles. The van der Waals surface area contributed by atoms with E-state index < -0.39 is 23.6 Å². The Morgan fingerprint density at radius 1 is 1.28 bits per heavy atom. The summed E-state index contributed by atoms with van der Waals surface area (Å²) in [5.41, 5.74) is 9.89. The number of hydrogen-bond acceptors (Lipinski definition) is 6. The van der Waals surface area contributed by atoms with Crippen molar-refractivity contribution in [2.45, 2.75) is 26.1 Å². The van der Waals surface area contributed by atoms with Crippen molar-refractivity contribution in [3.05, 3.63) is 64.6 Å². The van der Waals surface area contributed by atoms with Crippen molar-refractivity contribution in [2.24, 2.45) is 0 Å². The second-order valence-electron chi connectivity index (χ2n) is 7.72. The summed E-state index contributed by atoms with van der Waals surface area (Å²) in [5, 5.41) is 4.42. The number of amides is 2. The van der Waals surface area contributed by atoms with Crippen molar-refractivity contribution in [3.8, 4) is 0 Å². The average Bonchev–Trinajstić information content (AvgIpc) is 3.16. The Bertz CT molecular complexity index is 1110. The molecule has 32 heavy (non-hydrogen) atoms. The van der Waals surface area contributed by atoms with E-state index in [4.69, 9.17) is 5.73 Å². The number of hydrazine groups is 1. The summed E-state index contributed by atoms with van der Waals surface area (Å²) in [6, 6.07) is 5.85. The Morgan fingerprint density at radius 3 is 2.59 bits per heavy atom. The van der Waals surface area contributed by atoms with Gasteiger partial charge >= 0.3 is 6.18 Å². The molecular weight excluding hydrogens is 425 g/mol. The van der Waals surface area contributed by atoms with Crippen LogP contribution in [0, 0.1) is 6.92 Å². The van der Waals surface area contributed by atoms with Gasteiger partial charge in [-0.3, -0.25) is 14.6 Å². The van der Waals surface area contributed by atoms with Crippen LogP contribution in [0.25, 0.3) is 0 Å². The van der Waals surface area contributed by atoms with E-state index in [1.54, 1.807) is 18.0 Å². The van der Waals surface area contributed by atoms with Crippen LogP contribution in [0.15, 0.2) is 47.9 Å². The molecule has 0 aliphatic carbocycles. The topological polar surface area (TPSA) is 104 Å². The summed E-state index contributed by atoms with van der Waals surface area (Å²) < 4.78 is 38.6. The van der Waals surface area contributed by atoms with E-state index in [1.807, 2.05) is 6.92 Å². The first kappa shape index (κ1) is 21.6. The van der Waals surface area contributed by atoms with E-state index in [2.05, 4.69) is 15.7 Å². The number of carbonyl (C=O) groups is 2. The van der Waals surface area contributed by atoms with E-state index in [-0.39, 0.29) is 24.8 Å². The third kappa shape index (κ3) is 3.86. The van der Waals surface area contributed by atoms with Gasteiger partial charge < -0.3 is 16.0 Å². The van der Waals surface area contributed by atoms with Gasteiger partial charge in [0.25, 0.3) is 11.8 Å². The number of nitrogens with zero attached hydrogens (tertiary/aromatic N) is 3. The van der Waals surface area contributed by atoms with Crippen molar-refractivity contribution in [3.63, 3.8) is 0 Å². The third-order valence-corrected chi connectivity index (χ3v) is 5.44. The van der Waals surface area contributed by atoms with E-state index in [9.17, 15) is 22.8 Å². The van der Waals surface area contributed by atoms with Crippen molar-refractivity contribution < 1.29 is 22.8 Å². The number of piperazine rings is 1. The first-order chi connectivity index (χ1) is 15.1. The molecule has 11 heteroatoms. The highest BCUT2D eigenvalue weighted by atomic mass is 19.4. The maximum Gasteiger partial charge on any atom is 0.416 e. The number of rotatable bonds is 3. The number of aryl methyl sites for hydroxylation is 1. The first-order valence-electron chi connectivity index (χ1n) is 9.84. The van der Waals surface area contributed by atoms with Gasteiger partial charge in [-0.25, -0.2) is 10.4 Å². The summed E-state index contributed by atoms with van der Waals surface area (Å²) >= 11 is 0.